The number of aromatic hydroxyl groups is 2. The minimum absolute atomic E-state index is 0.0175. The Morgan fingerprint density at radius 2 is 0.810 bits per heavy atom. The quantitative estimate of drug-likeness (QED) is 0.0563. The maximum atomic E-state index is 13.5. The van der Waals surface area contributed by atoms with E-state index in [2.05, 4.69) is 31.1 Å². The molecule has 0 spiro atoms. The van der Waals surface area contributed by atoms with E-state index in [0.717, 1.165) is 24.3 Å². The van der Waals surface area contributed by atoms with Crippen LogP contribution >= 0.6 is 0 Å². The number of carbonyl (C=O) groups excluding carboxylic acids is 2. The van der Waals surface area contributed by atoms with Crippen molar-refractivity contribution in [1.29, 1.82) is 0 Å². The van der Waals surface area contributed by atoms with Crippen molar-refractivity contribution in [3.63, 3.8) is 0 Å². The summed E-state index contributed by atoms with van der Waals surface area (Å²) in [6.45, 7) is 0. The van der Waals surface area contributed by atoms with E-state index in [-0.39, 0.29) is 43.7 Å². The van der Waals surface area contributed by atoms with Crippen LogP contribution in [0.3, 0.4) is 0 Å². The Balaban J connectivity index is 1.09. The lowest BCUT2D eigenvalue weighted by molar-refractivity contribution is 0.101. The topological polar surface area (TPSA) is 257 Å². The minimum Gasteiger partial charge on any atom is -0.505 e. The zero-order valence-electron chi connectivity index (χ0n) is 29.5. The van der Waals surface area contributed by atoms with Gasteiger partial charge < -0.3 is 20.8 Å². The van der Waals surface area contributed by atoms with Gasteiger partial charge >= 0.3 is 0 Å². The summed E-state index contributed by atoms with van der Waals surface area (Å²) in [6.07, 6.45) is 0. The number of amides is 2. The van der Waals surface area contributed by atoms with Crippen molar-refractivity contribution in [2.75, 3.05) is 10.6 Å². The first-order chi connectivity index (χ1) is 27.7. The monoisotopic (exact) mass is 816 g/mol. The molecule has 2 amide bonds. The number of rotatable bonds is 10. The number of phenolic OH excluding ortho intramolecular Hbond substituents is 2. The van der Waals surface area contributed by atoms with Crippen molar-refractivity contribution in [2.45, 2.75) is 9.79 Å². The van der Waals surface area contributed by atoms with Crippen LogP contribution in [0.1, 0.15) is 20.7 Å². The van der Waals surface area contributed by atoms with Gasteiger partial charge in [-0.2, -0.15) is 27.1 Å². The predicted molar refractivity (Wildman–Crippen MR) is 214 cm³/mol. The van der Waals surface area contributed by atoms with Gasteiger partial charge in [0.25, 0.3) is 32.1 Å². The van der Waals surface area contributed by atoms with Gasteiger partial charge in [-0.3, -0.25) is 18.7 Å². The molecule has 0 saturated heterocycles. The minimum atomic E-state index is -4.41. The van der Waals surface area contributed by atoms with E-state index in [0.29, 0.717) is 32.9 Å². The summed E-state index contributed by atoms with van der Waals surface area (Å²) in [5.74, 6) is -2.32. The first-order valence-corrected chi connectivity index (χ1v) is 19.7. The van der Waals surface area contributed by atoms with E-state index >= 15 is 0 Å². The largest absolute Gasteiger partial charge is 0.505 e. The van der Waals surface area contributed by atoms with Crippen LogP contribution in [0.4, 0.5) is 34.1 Å². The van der Waals surface area contributed by atoms with E-state index < -0.39 is 43.5 Å². The van der Waals surface area contributed by atoms with Gasteiger partial charge in [0.1, 0.15) is 11.4 Å². The highest BCUT2D eigenvalue weighted by atomic mass is 32.2. The molecule has 0 unspecified atom stereocenters. The summed E-state index contributed by atoms with van der Waals surface area (Å²) >= 11 is 0. The molecule has 0 aliphatic rings. The number of benzene rings is 7. The van der Waals surface area contributed by atoms with Crippen LogP contribution in [0.5, 0.6) is 11.5 Å². The standard InChI is InChI=1S/C40H28N6O10S2/c47-37-33(21-23-5-1-3-7-31(23)35(37)45-43-27-13-17-29(18-14-27)57(51,52)53)39(49)41-25-9-11-26(12-10-25)42-40(50)34-22-24-6-2-4-8-32(24)36(38(34)48)46-44-28-15-19-30(20-16-28)58(54,55)56/h1-22,47-48H,(H,41,49)(H,42,50)(H,51,52,53)(H,54,55,56)/b45-43+,46-44+. The molecular formula is C40H28N6O10S2. The second-order valence-electron chi connectivity index (χ2n) is 12.5. The number of azo groups is 2. The third-order valence-electron chi connectivity index (χ3n) is 8.68. The molecule has 0 aromatic heterocycles. The lowest BCUT2D eigenvalue weighted by atomic mass is 10.0. The molecule has 0 aliphatic carbocycles. The lowest BCUT2D eigenvalue weighted by Crippen LogP contribution is -2.13. The zero-order valence-corrected chi connectivity index (χ0v) is 31.2. The number of fused-ring (bicyclic) bond motifs is 2. The Morgan fingerprint density at radius 3 is 1.16 bits per heavy atom. The van der Waals surface area contributed by atoms with Crippen molar-refractivity contribution in [2.24, 2.45) is 20.5 Å². The van der Waals surface area contributed by atoms with Crippen LogP contribution in [0.15, 0.2) is 164 Å². The molecule has 6 N–H and O–H groups in total. The highest BCUT2D eigenvalue weighted by Crippen LogP contribution is 2.41. The van der Waals surface area contributed by atoms with E-state index in [9.17, 15) is 45.7 Å². The van der Waals surface area contributed by atoms with E-state index in [1.807, 2.05) is 0 Å². The molecule has 7 aromatic rings. The van der Waals surface area contributed by atoms with Crippen LogP contribution in [0.2, 0.25) is 0 Å². The van der Waals surface area contributed by atoms with Crippen molar-refractivity contribution < 1.29 is 45.7 Å². The van der Waals surface area contributed by atoms with Gasteiger partial charge in [-0.1, -0.05) is 48.5 Å². The molecule has 0 atom stereocenters. The summed E-state index contributed by atoms with van der Waals surface area (Å²) in [7, 11) is -8.82. The van der Waals surface area contributed by atoms with Crippen LogP contribution in [-0.2, 0) is 20.2 Å². The lowest BCUT2D eigenvalue weighted by Gasteiger charge is -2.13. The maximum absolute atomic E-state index is 13.5. The number of carbonyl (C=O) groups is 2. The van der Waals surface area contributed by atoms with E-state index in [1.54, 1.807) is 48.5 Å². The zero-order chi connectivity index (χ0) is 41.2. The third-order valence-corrected chi connectivity index (χ3v) is 10.4. The molecule has 0 heterocycles. The fraction of sp³-hybridized carbons (Fsp3) is 0. The second-order valence-corrected chi connectivity index (χ2v) is 15.4. The molecule has 18 heteroatoms. The summed E-state index contributed by atoms with van der Waals surface area (Å²) < 4.78 is 64.0. The van der Waals surface area contributed by atoms with E-state index in [4.69, 9.17) is 0 Å². The number of anilines is 2. The summed E-state index contributed by atoms with van der Waals surface area (Å²) in [5, 5.41) is 46.4. The second kappa shape index (κ2) is 15.6. The smallest absolute Gasteiger partial charge is 0.294 e. The van der Waals surface area contributed by atoms with Gasteiger partial charge in [-0.25, -0.2) is 0 Å². The predicted octanol–water partition coefficient (Wildman–Crippen LogP) is 9.23. The molecule has 0 saturated carbocycles. The number of phenols is 2. The van der Waals surface area contributed by atoms with Crippen LogP contribution < -0.4 is 10.6 Å². The Hall–Kier alpha value is -7.38. The number of hydrogen-bond donors (Lipinski definition) is 6. The molecule has 7 rings (SSSR count). The Bertz CT molecular complexity index is 2840. The molecular weight excluding hydrogens is 789 g/mol. The van der Waals surface area contributed by atoms with Crippen molar-refractivity contribution in [3.05, 3.63) is 145 Å². The van der Waals surface area contributed by atoms with Crippen LogP contribution in [0.25, 0.3) is 21.5 Å². The Labute approximate surface area is 329 Å². The normalized spacial score (nSPS) is 12.0. The Kier molecular flexibility index (Phi) is 10.5. The van der Waals surface area contributed by atoms with Crippen molar-refractivity contribution in [3.8, 4) is 11.5 Å². The summed E-state index contributed by atoms with van der Waals surface area (Å²) in [6, 6.07) is 32.5. The van der Waals surface area contributed by atoms with Gasteiger partial charge in [0, 0.05) is 22.1 Å². The van der Waals surface area contributed by atoms with Crippen LogP contribution in [-0.4, -0.2) is 48.0 Å². The molecule has 7 aromatic carbocycles. The third kappa shape index (κ3) is 8.39. The number of hydrogen-bond acceptors (Lipinski definition) is 12. The first kappa shape index (κ1) is 38.9. The molecule has 58 heavy (non-hydrogen) atoms. The highest BCUT2D eigenvalue weighted by molar-refractivity contribution is 7.86. The van der Waals surface area contributed by atoms with Crippen molar-refractivity contribution >= 4 is 87.7 Å². The van der Waals surface area contributed by atoms with Gasteiger partial charge in [-0.15, -0.1) is 10.2 Å². The average Bonchev–Trinajstić information content (AvgIpc) is 3.20. The van der Waals surface area contributed by atoms with Gasteiger partial charge in [0.15, 0.2) is 11.5 Å². The molecule has 0 radical (unpaired) electrons. The molecule has 0 fully saturated rings. The number of nitrogens with zero attached hydrogens (tertiary/aromatic N) is 4. The van der Waals surface area contributed by atoms with Crippen LogP contribution in [0, 0.1) is 0 Å². The van der Waals surface area contributed by atoms with Gasteiger partial charge in [-0.05, 0) is 95.7 Å². The van der Waals surface area contributed by atoms with Gasteiger partial charge in [0.05, 0.1) is 32.3 Å². The molecule has 16 nitrogen and oxygen atoms in total. The fourth-order valence-corrected chi connectivity index (χ4v) is 6.76. The molecule has 0 aliphatic heterocycles. The Morgan fingerprint density at radius 1 is 0.466 bits per heavy atom. The summed E-state index contributed by atoms with van der Waals surface area (Å²) in [5.41, 5.74) is 0.750. The van der Waals surface area contributed by atoms with Crippen molar-refractivity contribution in [1.82, 2.24) is 0 Å². The SMILES string of the molecule is O=C(Nc1ccc(NC(=O)c2cc3ccccc3c(/N=N/c3ccc(S(=O)(=O)O)cc3)c2O)cc1)c1cc2ccccc2c(/N=N/c2ccc(S(=O)(=O)O)cc2)c1O. The molecule has 290 valence electrons. The first-order valence-electron chi connectivity index (χ1n) is 16.9. The summed E-state index contributed by atoms with van der Waals surface area (Å²) in [4.78, 5) is 26.3. The molecule has 0 bridgehead atoms. The van der Waals surface area contributed by atoms with Gasteiger partial charge in [0.2, 0.25) is 0 Å². The van der Waals surface area contributed by atoms with E-state index in [1.165, 1.54) is 60.7 Å². The highest BCUT2D eigenvalue weighted by Gasteiger charge is 2.21. The number of nitrogens with one attached hydrogen (secondary N) is 2. The maximum Gasteiger partial charge on any atom is 0.294 e. The fourth-order valence-electron chi connectivity index (χ4n) is 5.80. The average molecular weight is 817 g/mol.